The molecule has 2 rings (SSSR count). The van der Waals surface area contributed by atoms with Crippen LogP contribution in [0.1, 0.15) is 38.5 Å². The Hall–Kier alpha value is -0.530. The summed E-state index contributed by atoms with van der Waals surface area (Å²) in [6.45, 7) is 0. The van der Waals surface area contributed by atoms with Gasteiger partial charge in [0, 0.05) is 0 Å². The summed E-state index contributed by atoms with van der Waals surface area (Å²) in [4.78, 5) is 10.5. The highest BCUT2D eigenvalue weighted by atomic mass is 16.4. The molecule has 0 aromatic rings. The van der Waals surface area contributed by atoms with Crippen LogP contribution in [0.25, 0.3) is 0 Å². The van der Waals surface area contributed by atoms with Gasteiger partial charge < -0.3 is 5.11 Å². The Bertz CT molecular complexity index is 178. The van der Waals surface area contributed by atoms with Gasteiger partial charge in [0.2, 0.25) is 0 Å². The average molecular weight is 154 g/mol. The van der Waals surface area contributed by atoms with Crippen molar-refractivity contribution in [2.24, 2.45) is 11.3 Å². The molecular formula is C9H14O2. The molecule has 0 spiro atoms. The van der Waals surface area contributed by atoms with E-state index in [1.54, 1.807) is 0 Å². The summed E-state index contributed by atoms with van der Waals surface area (Å²) < 4.78 is 0. The molecule has 0 bridgehead atoms. The highest BCUT2D eigenvalue weighted by molar-refractivity contribution is 5.68. The van der Waals surface area contributed by atoms with Crippen molar-refractivity contribution < 1.29 is 9.90 Å². The van der Waals surface area contributed by atoms with E-state index < -0.39 is 5.97 Å². The first kappa shape index (κ1) is 7.14. The predicted octanol–water partition coefficient (Wildman–Crippen LogP) is 2.04. The topological polar surface area (TPSA) is 37.3 Å². The van der Waals surface area contributed by atoms with Gasteiger partial charge in [-0.25, -0.2) is 0 Å². The van der Waals surface area contributed by atoms with Crippen LogP contribution in [0.2, 0.25) is 0 Å². The minimum absolute atomic E-state index is 0.256. The van der Waals surface area contributed by atoms with Crippen LogP contribution >= 0.6 is 0 Å². The molecule has 62 valence electrons. The first-order valence-corrected chi connectivity index (χ1v) is 4.45. The summed E-state index contributed by atoms with van der Waals surface area (Å²) in [5, 5.41) is 8.69. The molecule has 0 aromatic heterocycles. The molecule has 0 saturated heterocycles. The van der Waals surface area contributed by atoms with Crippen molar-refractivity contribution in [2.75, 3.05) is 0 Å². The number of carboxylic acids is 1. The Morgan fingerprint density at radius 1 is 1.45 bits per heavy atom. The quantitative estimate of drug-likeness (QED) is 0.675. The largest absolute Gasteiger partial charge is 0.481 e. The highest BCUT2D eigenvalue weighted by Crippen LogP contribution is 2.58. The fraction of sp³-hybridized carbons (Fsp3) is 0.889. The van der Waals surface area contributed by atoms with Crippen molar-refractivity contribution >= 4 is 5.97 Å². The van der Waals surface area contributed by atoms with Gasteiger partial charge in [-0.2, -0.15) is 0 Å². The average Bonchev–Trinajstić information content (AvgIpc) is 2.59. The van der Waals surface area contributed by atoms with Gasteiger partial charge in [0.05, 0.1) is 6.42 Å². The number of aliphatic carboxylic acids is 1. The van der Waals surface area contributed by atoms with E-state index in [0.717, 1.165) is 5.92 Å². The standard InChI is InChI=1S/C9H14O2/c10-8(11)6-9(4-1-5-9)7-2-3-7/h7H,1-6H2,(H,10,11). The van der Waals surface area contributed by atoms with Crippen LogP contribution in [0.5, 0.6) is 0 Å². The SMILES string of the molecule is O=C(O)CC1(C2CC2)CCC1. The van der Waals surface area contributed by atoms with Crippen molar-refractivity contribution in [1.82, 2.24) is 0 Å². The van der Waals surface area contributed by atoms with Crippen LogP contribution in [-0.2, 0) is 4.79 Å². The maximum atomic E-state index is 10.5. The second-order valence-electron chi connectivity index (χ2n) is 4.06. The van der Waals surface area contributed by atoms with E-state index in [1.165, 1.54) is 32.1 Å². The minimum Gasteiger partial charge on any atom is -0.481 e. The zero-order chi connectivity index (χ0) is 7.90. The molecule has 2 aliphatic rings. The third kappa shape index (κ3) is 1.15. The van der Waals surface area contributed by atoms with Gasteiger partial charge in [-0.1, -0.05) is 6.42 Å². The molecule has 0 atom stereocenters. The molecule has 11 heavy (non-hydrogen) atoms. The molecule has 2 nitrogen and oxygen atoms in total. The maximum absolute atomic E-state index is 10.5. The van der Waals surface area contributed by atoms with E-state index in [1.807, 2.05) is 0 Å². The van der Waals surface area contributed by atoms with Gasteiger partial charge in [-0.3, -0.25) is 4.79 Å². The maximum Gasteiger partial charge on any atom is 0.303 e. The fourth-order valence-corrected chi connectivity index (χ4v) is 2.36. The summed E-state index contributed by atoms with van der Waals surface area (Å²) in [7, 11) is 0. The molecule has 0 unspecified atom stereocenters. The van der Waals surface area contributed by atoms with Crippen molar-refractivity contribution in [3.63, 3.8) is 0 Å². The van der Waals surface area contributed by atoms with Crippen molar-refractivity contribution in [3.8, 4) is 0 Å². The molecule has 0 aliphatic heterocycles. The molecule has 2 saturated carbocycles. The zero-order valence-corrected chi connectivity index (χ0v) is 6.68. The van der Waals surface area contributed by atoms with E-state index in [9.17, 15) is 4.79 Å². The molecule has 0 amide bonds. The van der Waals surface area contributed by atoms with Gasteiger partial charge in [-0.15, -0.1) is 0 Å². The summed E-state index contributed by atoms with van der Waals surface area (Å²) in [5.74, 6) is 0.170. The Morgan fingerprint density at radius 2 is 2.09 bits per heavy atom. The molecule has 0 heterocycles. The molecule has 0 aromatic carbocycles. The molecule has 2 fully saturated rings. The normalized spacial score (nSPS) is 27.6. The number of hydrogen-bond donors (Lipinski definition) is 1. The minimum atomic E-state index is -0.600. The van der Waals surface area contributed by atoms with Gasteiger partial charge >= 0.3 is 5.97 Å². The van der Waals surface area contributed by atoms with E-state index in [0.29, 0.717) is 6.42 Å². The third-order valence-corrected chi connectivity index (χ3v) is 3.30. The molecule has 2 heteroatoms. The molecular weight excluding hydrogens is 140 g/mol. The van der Waals surface area contributed by atoms with Crippen LogP contribution < -0.4 is 0 Å². The Kier molecular flexibility index (Phi) is 1.44. The number of carbonyl (C=O) groups is 1. The Morgan fingerprint density at radius 3 is 2.36 bits per heavy atom. The first-order valence-electron chi connectivity index (χ1n) is 4.45. The Labute approximate surface area is 66.6 Å². The molecule has 1 N–H and O–H groups in total. The van der Waals surface area contributed by atoms with Crippen LogP contribution in [-0.4, -0.2) is 11.1 Å². The molecule has 2 aliphatic carbocycles. The zero-order valence-electron chi connectivity index (χ0n) is 6.68. The van der Waals surface area contributed by atoms with Crippen molar-refractivity contribution in [3.05, 3.63) is 0 Å². The first-order chi connectivity index (χ1) is 5.23. The second-order valence-corrected chi connectivity index (χ2v) is 4.06. The fourth-order valence-electron chi connectivity index (χ4n) is 2.36. The summed E-state index contributed by atoms with van der Waals surface area (Å²) in [6.07, 6.45) is 6.59. The lowest BCUT2D eigenvalue weighted by atomic mass is 9.63. The van der Waals surface area contributed by atoms with Crippen LogP contribution in [0.4, 0.5) is 0 Å². The lowest BCUT2D eigenvalue weighted by molar-refractivity contribution is -0.142. The smallest absolute Gasteiger partial charge is 0.303 e. The molecule has 0 radical (unpaired) electrons. The second kappa shape index (κ2) is 2.23. The van der Waals surface area contributed by atoms with Crippen LogP contribution in [0, 0.1) is 11.3 Å². The van der Waals surface area contributed by atoms with E-state index in [4.69, 9.17) is 5.11 Å². The lowest BCUT2D eigenvalue weighted by Gasteiger charge is -2.41. The lowest BCUT2D eigenvalue weighted by Crippen LogP contribution is -2.34. The van der Waals surface area contributed by atoms with E-state index >= 15 is 0 Å². The van der Waals surface area contributed by atoms with Gasteiger partial charge in [-0.05, 0) is 37.0 Å². The van der Waals surface area contributed by atoms with E-state index in [-0.39, 0.29) is 5.41 Å². The van der Waals surface area contributed by atoms with Gasteiger partial charge in [0.15, 0.2) is 0 Å². The Balaban J connectivity index is 1.98. The van der Waals surface area contributed by atoms with Crippen molar-refractivity contribution in [1.29, 1.82) is 0 Å². The predicted molar refractivity (Wildman–Crippen MR) is 41.3 cm³/mol. The monoisotopic (exact) mass is 154 g/mol. The highest BCUT2D eigenvalue weighted by Gasteiger charge is 2.49. The van der Waals surface area contributed by atoms with Gasteiger partial charge in [0.1, 0.15) is 0 Å². The van der Waals surface area contributed by atoms with Crippen LogP contribution in [0.3, 0.4) is 0 Å². The summed E-state index contributed by atoms with van der Waals surface area (Å²) in [6, 6.07) is 0. The van der Waals surface area contributed by atoms with Crippen LogP contribution in [0.15, 0.2) is 0 Å². The van der Waals surface area contributed by atoms with Crippen molar-refractivity contribution in [2.45, 2.75) is 38.5 Å². The summed E-state index contributed by atoms with van der Waals surface area (Å²) >= 11 is 0. The van der Waals surface area contributed by atoms with Gasteiger partial charge in [0.25, 0.3) is 0 Å². The van der Waals surface area contributed by atoms with E-state index in [2.05, 4.69) is 0 Å². The number of hydrogen-bond acceptors (Lipinski definition) is 1. The number of rotatable bonds is 3. The number of carboxylic acid groups (broad SMARTS) is 1. The summed E-state index contributed by atoms with van der Waals surface area (Å²) in [5.41, 5.74) is 0.256. The third-order valence-electron chi connectivity index (χ3n) is 3.30.